The third-order valence-electron chi connectivity index (χ3n) is 4.16. The smallest absolute Gasteiger partial charge is 0.238 e. The Balaban J connectivity index is 1.53. The fourth-order valence-electron chi connectivity index (χ4n) is 2.93. The Labute approximate surface area is 163 Å². The number of anilines is 2. The number of thioether (sulfide) groups is 1. The number of nitrogens with one attached hydrogen (secondary N) is 1. The van der Waals surface area contributed by atoms with Gasteiger partial charge in [0.2, 0.25) is 5.91 Å². The van der Waals surface area contributed by atoms with Gasteiger partial charge in [-0.05, 0) is 18.6 Å². The molecular formula is C19H24N4OS2. The maximum Gasteiger partial charge on any atom is 0.238 e. The standard InChI is InChI=1S/C19H24N4OS2/c1-2-13-25-17-7-4-3-6-16(17)21-18(24)15-22-9-5-10-23(12-11-22)19-20-8-14-26-19/h2-4,6-8,14H,1,5,9-13,15H2,(H,21,24). The molecule has 1 aliphatic heterocycles. The van der Waals surface area contributed by atoms with Crippen molar-refractivity contribution in [2.75, 3.05) is 48.7 Å². The lowest BCUT2D eigenvalue weighted by molar-refractivity contribution is -0.117. The van der Waals surface area contributed by atoms with Crippen LogP contribution in [0.5, 0.6) is 0 Å². The van der Waals surface area contributed by atoms with Crippen LogP contribution < -0.4 is 10.2 Å². The van der Waals surface area contributed by atoms with Crippen LogP contribution in [0.3, 0.4) is 0 Å². The number of amides is 1. The minimum atomic E-state index is 0.0411. The second-order valence-electron chi connectivity index (χ2n) is 6.08. The summed E-state index contributed by atoms with van der Waals surface area (Å²) in [5.41, 5.74) is 0.878. The summed E-state index contributed by atoms with van der Waals surface area (Å²) in [4.78, 5) is 22.5. The average Bonchev–Trinajstić information content (AvgIpc) is 3.08. The zero-order valence-corrected chi connectivity index (χ0v) is 16.4. The highest BCUT2D eigenvalue weighted by atomic mass is 32.2. The van der Waals surface area contributed by atoms with E-state index in [-0.39, 0.29) is 5.91 Å². The Hall–Kier alpha value is -1.83. The molecular weight excluding hydrogens is 364 g/mol. The molecule has 0 spiro atoms. The lowest BCUT2D eigenvalue weighted by Gasteiger charge is -2.21. The van der Waals surface area contributed by atoms with Crippen LogP contribution in [-0.2, 0) is 4.79 Å². The van der Waals surface area contributed by atoms with E-state index in [2.05, 4.69) is 26.7 Å². The van der Waals surface area contributed by atoms with Crippen molar-refractivity contribution in [2.45, 2.75) is 11.3 Å². The lowest BCUT2D eigenvalue weighted by atomic mass is 10.3. The summed E-state index contributed by atoms with van der Waals surface area (Å²) in [6.07, 6.45) is 4.76. The van der Waals surface area contributed by atoms with Crippen molar-refractivity contribution < 1.29 is 4.79 Å². The molecule has 5 nitrogen and oxygen atoms in total. The van der Waals surface area contributed by atoms with E-state index < -0.39 is 0 Å². The number of thiazole rings is 1. The molecule has 0 saturated carbocycles. The lowest BCUT2D eigenvalue weighted by Crippen LogP contribution is -2.36. The first-order chi connectivity index (χ1) is 12.8. The molecule has 1 amide bonds. The van der Waals surface area contributed by atoms with Gasteiger partial charge in [0.05, 0.1) is 12.2 Å². The van der Waals surface area contributed by atoms with Gasteiger partial charge in [0, 0.05) is 48.4 Å². The first-order valence-electron chi connectivity index (χ1n) is 8.75. The molecule has 1 aliphatic rings. The summed E-state index contributed by atoms with van der Waals surface area (Å²) in [6.45, 7) is 7.89. The van der Waals surface area contributed by atoms with Crippen molar-refractivity contribution in [1.82, 2.24) is 9.88 Å². The average molecular weight is 389 g/mol. The zero-order chi connectivity index (χ0) is 18.2. The molecule has 2 aromatic rings. The SMILES string of the molecule is C=CCSc1ccccc1NC(=O)CN1CCCN(c2nccs2)CC1. The first-order valence-corrected chi connectivity index (χ1v) is 10.6. The molecule has 0 radical (unpaired) electrons. The molecule has 26 heavy (non-hydrogen) atoms. The maximum atomic E-state index is 12.5. The van der Waals surface area contributed by atoms with E-state index in [1.165, 1.54) is 0 Å². The Bertz CT molecular complexity index is 720. The molecule has 1 aromatic carbocycles. The Morgan fingerprint density at radius 3 is 3.00 bits per heavy atom. The number of hydrogen-bond acceptors (Lipinski definition) is 6. The van der Waals surface area contributed by atoms with Crippen LogP contribution in [0.1, 0.15) is 6.42 Å². The highest BCUT2D eigenvalue weighted by Gasteiger charge is 2.18. The normalized spacial score (nSPS) is 15.5. The zero-order valence-electron chi connectivity index (χ0n) is 14.8. The predicted octanol–water partition coefficient (Wildman–Crippen LogP) is 3.57. The van der Waals surface area contributed by atoms with Crippen LogP contribution in [0.2, 0.25) is 0 Å². The second-order valence-corrected chi connectivity index (χ2v) is 8.01. The van der Waals surface area contributed by atoms with Crippen molar-refractivity contribution in [3.05, 3.63) is 48.5 Å². The quantitative estimate of drug-likeness (QED) is 0.580. The summed E-state index contributed by atoms with van der Waals surface area (Å²) in [5, 5.41) is 6.15. The number of benzene rings is 1. The van der Waals surface area contributed by atoms with Crippen LogP contribution in [0.25, 0.3) is 0 Å². The van der Waals surface area contributed by atoms with E-state index in [1.807, 2.05) is 41.9 Å². The van der Waals surface area contributed by atoms with Gasteiger partial charge in [0.1, 0.15) is 0 Å². The molecule has 1 N–H and O–H groups in total. The van der Waals surface area contributed by atoms with Crippen LogP contribution in [0.4, 0.5) is 10.8 Å². The van der Waals surface area contributed by atoms with Crippen molar-refractivity contribution in [1.29, 1.82) is 0 Å². The molecule has 0 bridgehead atoms. The van der Waals surface area contributed by atoms with E-state index in [1.54, 1.807) is 23.1 Å². The van der Waals surface area contributed by atoms with Crippen LogP contribution in [0.15, 0.2) is 53.4 Å². The third kappa shape index (κ3) is 5.33. The third-order valence-corrected chi connectivity index (χ3v) is 6.06. The van der Waals surface area contributed by atoms with Crippen molar-refractivity contribution in [3.8, 4) is 0 Å². The molecule has 1 aromatic heterocycles. The van der Waals surface area contributed by atoms with E-state index in [0.717, 1.165) is 54.1 Å². The van der Waals surface area contributed by atoms with E-state index in [0.29, 0.717) is 6.54 Å². The van der Waals surface area contributed by atoms with Gasteiger partial charge >= 0.3 is 0 Å². The number of carbonyl (C=O) groups excluding carboxylic acids is 1. The fourth-order valence-corrected chi connectivity index (χ4v) is 4.37. The summed E-state index contributed by atoms with van der Waals surface area (Å²) < 4.78 is 0. The summed E-state index contributed by atoms with van der Waals surface area (Å²) in [5.74, 6) is 0.866. The van der Waals surface area contributed by atoms with Gasteiger partial charge in [-0.2, -0.15) is 0 Å². The number of hydrogen-bond donors (Lipinski definition) is 1. The second kappa shape index (κ2) is 9.75. The van der Waals surface area contributed by atoms with Crippen LogP contribution in [-0.4, -0.2) is 54.3 Å². The molecule has 0 atom stereocenters. The largest absolute Gasteiger partial charge is 0.347 e. The molecule has 1 saturated heterocycles. The molecule has 0 aliphatic carbocycles. The number of rotatable bonds is 7. The summed E-state index contributed by atoms with van der Waals surface area (Å²) in [6, 6.07) is 7.92. The molecule has 2 heterocycles. The van der Waals surface area contributed by atoms with E-state index in [9.17, 15) is 4.79 Å². The van der Waals surface area contributed by atoms with E-state index in [4.69, 9.17) is 0 Å². The van der Waals surface area contributed by atoms with Crippen molar-refractivity contribution in [2.24, 2.45) is 0 Å². The first kappa shape index (κ1) is 18.9. The molecule has 138 valence electrons. The molecule has 3 rings (SSSR count). The van der Waals surface area contributed by atoms with Crippen molar-refractivity contribution in [3.63, 3.8) is 0 Å². The van der Waals surface area contributed by atoms with Gasteiger partial charge in [-0.3, -0.25) is 9.69 Å². The number of para-hydroxylation sites is 1. The predicted molar refractivity (Wildman–Crippen MR) is 111 cm³/mol. The number of aromatic nitrogens is 1. The highest BCUT2D eigenvalue weighted by Crippen LogP contribution is 2.27. The maximum absolute atomic E-state index is 12.5. The van der Waals surface area contributed by atoms with Gasteiger partial charge in [0.15, 0.2) is 5.13 Å². The van der Waals surface area contributed by atoms with Crippen LogP contribution >= 0.6 is 23.1 Å². The molecule has 7 heteroatoms. The minimum absolute atomic E-state index is 0.0411. The van der Waals surface area contributed by atoms with Crippen LogP contribution in [0, 0.1) is 0 Å². The Morgan fingerprint density at radius 2 is 2.19 bits per heavy atom. The van der Waals surface area contributed by atoms with Gasteiger partial charge < -0.3 is 10.2 Å². The van der Waals surface area contributed by atoms with Crippen molar-refractivity contribution >= 4 is 39.8 Å². The van der Waals surface area contributed by atoms with E-state index >= 15 is 0 Å². The van der Waals surface area contributed by atoms with Gasteiger partial charge in [-0.15, -0.1) is 29.7 Å². The number of nitrogens with zero attached hydrogens (tertiary/aromatic N) is 3. The Morgan fingerprint density at radius 1 is 1.31 bits per heavy atom. The van der Waals surface area contributed by atoms with Gasteiger partial charge in [-0.1, -0.05) is 18.2 Å². The number of carbonyl (C=O) groups is 1. The molecule has 0 unspecified atom stereocenters. The Kier molecular flexibility index (Phi) is 7.11. The summed E-state index contributed by atoms with van der Waals surface area (Å²) in [7, 11) is 0. The van der Waals surface area contributed by atoms with Gasteiger partial charge in [-0.25, -0.2) is 4.98 Å². The summed E-state index contributed by atoms with van der Waals surface area (Å²) >= 11 is 3.35. The monoisotopic (exact) mass is 388 g/mol. The highest BCUT2D eigenvalue weighted by molar-refractivity contribution is 7.99. The molecule has 1 fully saturated rings. The van der Waals surface area contributed by atoms with Gasteiger partial charge in [0.25, 0.3) is 0 Å². The minimum Gasteiger partial charge on any atom is -0.347 e. The fraction of sp³-hybridized carbons (Fsp3) is 0.368. The topological polar surface area (TPSA) is 48.5 Å².